The van der Waals surface area contributed by atoms with Crippen molar-refractivity contribution in [2.45, 2.75) is 284 Å². The Morgan fingerprint density at radius 3 is 0.808 bits per heavy atom. The fourth-order valence-electron chi connectivity index (χ4n) is 7.87. The molecule has 0 bridgehead atoms. The lowest BCUT2D eigenvalue weighted by Gasteiger charge is -2.21. The molecule has 0 rings (SSSR count). The zero-order valence-electron chi connectivity index (χ0n) is 46.1. The number of ether oxygens (including phenoxy) is 4. The molecule has 73 heavy (non-hydrogen) atoms. The first kappa shape index (κ1) is 71.1. The normalized spacial score (nSPS) is 14.5. The van der Waals surface area contributed by atoms with Crippen LogP contribution in [-0.2, 0) is 65.4 Å². The van der Waals surface area contributed by atoms with E-state index in [9.17, 15) is 43.2 Å². The Kier molecular flexibility index (Phi) is 48.3. The van der Waals surface area contributed by atoms with Gasteiger partial charge in [-0.3, -0.25) is 37.3 Å². The second-order valence-corrected chi connectivity index (χ2v) is 22.5. The molecule has 0 aromatic heterocycles. The lowest BCUT2D eigenvalue weighted by atomic mass is 10.0. The number of esters is 4. The second-order valence-electron chi connectivity index (χ2n) is 19.6. The van der Waals surface area contributed by atoms with Crippen LogP contribution in [0.2, 0.25) is 0 Å². The van der Waals surface area contributed by atoms with Gasteiger partial charge in [0.25, 0.3) is 0 Å². The quantitative estimate of drug-likeness (QED) is 0.0222. The van der Waals surface area contributed by atoms with Gasteiger partial charge in [0.2, 0.25) is 0 Å². The summed E-state index contributed by atoms with van der Waals surface area (Å²) in [6.45, 7) is 4.68. The maximum Gasteiger partial charge on any atom is 0.472 e. The van der Waals surface area contributed by atoms with Gasteiger partial charge >= 0.3 is 39.5 Å². The van der Waals surface area contributed by atoms with Crippen LogP contribution >= 0.6 is 15.6 Å². The summed E-state index contributed by atoms with van der Waals surface area (Å²) in [7, 11) is -9.85. The van der Waals surface area contributed by atoms with Crippen LogP contribution in [0.15, 0.2) is 0 Å². The predicted octanol–water partition coefficient (Wildman–Crippen LogP) is 14.0. The van der Waals surface area contributed by atoms with Crippen molar-refractivity contribution in [1.29, 1.82) is 0 Å². The molecule has 0 saturated carbocycles. The molecule has 3 N–H and O–H groups in total. The average Bonchev–Trinajstić information content (AvgIpc) is 3.36. The van der Waals surface area contributed by atoms with Crippen LogP contribution in [0, 0.1) is 0 Å². The van der Waals surface area contributed by atoms with Crippen LogP contribution in [-0.4, -0.2) is 96.7 Å². The summed E-state index contributed by atoms with van der Waals surface area (Å²) in [5, 5.41) is 10.4. The molecule has 0 aliphatic rings. The zero-order valence-corrected chi connectivity index (χ0v) is 47.9. The van der Waals surface area contributed by atoms with E-state index in [1.807, 2.05) is 0 Å². The maximum atomic E-state index is 12.9. The Balaban J connectivity index is 5.16. The van der Waals surface area contributed by atoms with E-state index in [2.05, 4.69) is 27.7 Å². The largest absolute Gasteiger partial charge is 0.472 e. The highest BCUT2D eigenvalue weighted by atomic mass is 31.2. The molecule has 2 unspecified atom stereocenters. The lowest BCUT2D eigenvalue weighted by Crippen LogP contribution is -2.30. The number of aliphatic hydroxyl groups is 1. The van der Waals surface area contributed by atoms with Crippen LogP contribution in [0.3, 0.4) is 0 Å². The minimum absolute atomic E-state index is 0.104. The van der Waals surface area contributed by atoms with Crippen molar-refractivity contribution < 1.29 is 80.2 Å². The number of hydrogen-bond acceptors (Lipinski definition) is 15. The van der Waals surface area contributed by atoms with Gasteiger partial charge in [-0.1, -0.05) is 214 Å². The lowest BCUT2D eigenvalue weighted by molar-refractivity contribution is -0.161. The molecule has 0 aliphatic carbocycles. The Labute approximate surface area is 441 Å². The van der Waals surface area contributed by atoms with E-state index in [1.165, 1.54) is 77.0 Å². The molecule has 0 radical (unpaired) electrons. The van der Waals surface area contributed by atoms with Gasteiger partial charge in [-0.25, -0.2) is 9.13 Å². The van der Waals surface area contributed by atoms with Crippen LogP contribution in [0.25, 0.3) is 0 Å². The van der Waals surface area contributed by atoms with Crippen molar-refractivity contribution >= 4 is 39.5 Å². The van der Waals surface area contributed by atoms with Crippen LogP contribution in [0.4, 0.5) is 0 Å². The van der Waals surface area contributed by atoms with Gasteiger partial charge in [0.05, 0.1) is 26.4 Å². The third-order valence-corrected chi connectivity index (χ3v) is 14.3. The molecule has 0 amide bonds. The van der Waals surface area contributed by atoms with E-state index in [1.54, 1.807) is 0 Å². The van der Waals surface area contributed by atoms with Crippen molar-refractivity contribution in [2.75, 3.05) is 39.6 Å². The monoisotopic (exact) mass is 1090 g/mol. The van der Waals surface area contributed by atoms with E-state index < -0.39 is 97.5 Å². The molecule has 0 spiro atoms. The van der Waals surface area contributed by atoms with Crippen molar-refractivity contribution in [2.24, 2.45) is 0 Å². The van der Waals surface area contributed by atoms with Gasteiger partial charge in [-0.2, -0.15) is 0 Å². The minimum atomic E-state index is -4.93. The van der Waals surface area contributed by atoms with Gasteiger partial charge in [0, 0.05) is 25.7 Å². The van der Waals surface area contributed by atoms with Gasteiger partial charge in [0.1, 0.15) is 19.3 Å². The maximum absolute atomic E-state index is 12.9. The summed E-state index contributed by atoms with van der Waals surface area (Å²) in [4.78, 5) is 71.3. The number of rotatable bonds is 55. The first-order valence-electron chi connectivity index (χ1n) is 28.8. The topological polar surface area (TPSA) is 237 Å². The van der Waals surface area contributed by atoms with Crippen LogP contribution < -0.4 is 0 Å². The average molecular weight is 1090 g/mol. The van der Waals surface area contributed by atoms with Gasteiger partial charge in [0.15, 0.2) is 12.2 Å². The van der Waals surface area contributed by atoms with Crippen molar-refractivity contribution in [3.05, 3.63) is 0 Å². The highest BCUT2D eigenvalue weighted by Gasteiger charge is 2.30. The standard InChI is InChI=1S/C54H104O17P2/c1-5-9-13-17-20-23-24-25-26-29-33-37-41-54(59)71-50(45-65-52(57)39-35-31-27-21-18-14-10-6-2)47-69-73(62,63)67-43-48(55)42-66-72(60,61)68-46-49(44-64-51(56)38-34-30-16-12-8-4)70-53(58)40-36-32-28-22-19-15-11-7-3/h48-50,55H,5-47H2,1-4H3,(H,60,61)(H,62,63)/t48-,49+,50+/m0/s1. The molecular weight excluding hydrogens is 983 g/mol. The molecule has 0 heterocycles. The van der Waals surface area contributed by atoms with Crippen LogP contribution in [0.5, 0.6) is 0 Å². The summed E-state index contributed by atoms with van der Waals surface area (Å²) >= 11 is 0. The minimum Gasteiger partial charge on any atom is -0.462 e. The van der Waals surface area contributed by atoms with E-state index in [0.29, 0.717) is 25.7 Å². The van der Waals surface area contributed by atoms with Crippen molar-refractivity contribution in [3.63, 3.8) is 0 Å². The highest BCUT2D eigenvalue weighted by Crippen LogP contribution is 2.45. The predicted molar refractivity (Wildman–Crippen MR) is 285 cm³/mol. The van der Waals surface area contributed by atoms with E-state index in [-0.39, 0.29) is 25.7 Å². The molecule has 5 atom stereocenters. The summed E-state index contributed by atoms with van der Waals surface area (Å²) < 4.78 is 67.2. The molecule has 0 aromatic carbocycles. The summed E-state index contributed by atoms with van der Waals surface area (Å²) in [6.07, 6.45) is 31.1. The van der Waals surface area contributed by atoms with E-state index in [0.717, 1.165) is 109 Å². The molecule has 0 saturated heterocycles. The summed E-state index contributed by atoms with van der Waals surface area (Å²) in [5.74, 6) is -2.16. The van der Waals surface area contributed by atoms with E-state index >= 15 is 0 Å². The number of carbonyl (C=O) groups is 4. The Morgan fingerprint density at radius 1 is 0.329 bits per heavy atom. The Morgan fingerprint density at radius 2 is 0.548 bits per heavy atom. The van der Waals surface area contributed by atoms with Crippen molar-refractivity contribution in [3.8, 4) is 0 Å². The molecule has 432 valence electrons. The molecule has 17 nitrogen and oxygen atoms in total. The number of aliphatic hydroxyl groups excluding tert-OH is 1. The van der Waals surface area contributed by atoms with Gasteiger partial charge < -0.3 is 33.8 Å². The number of carbonyl (C=O) groups excluding carboxylic acids is 4. The third kappa shape index (κ3) is 49.4. The first-order chi connectivity index (χ1) is 35.2. The number of phosphoric acid groups is 2. The molecule has 0 fully saturated rings. The first-order valence-corrected chi connectivity index (χ1v) is 31.8. The highest BCUT2D eigenvalue weighted by molar-refractivity contribution is 7.47. The van der Waals surface area contributed by atoms with Gasteiger partial charge in [-0.15, -0.1) is 0 Å². The second kappa shape index (κ2) is 49.6. The van der Waals surface area contributed by atoms with Crippen LogP contribution in [0.1, 0.15) is 265 Å². The smallest absolute Gasteiger partial charge is 0.462 e. The fraction of sp³-hybridized carbons (Fsp3) is 0.926. The molecule has 19 heteroatoms. The Hall–Kier alpha value is -1.94. The summed E-state index contributed by atoms with van der Waals surface area (Å²) in [6, 6.07) is 0. The van der Waals surface area contributed by atoms with Gasteiger partial charge in [-0.05, 0) is 25.7 Å². The molecular formula is C54H104O17P2. The number of hydrogen-bond donors (Lipinski definition) is 3. The van der Waals surface area contributed by atoms with E-state index in [4.69, 9.17) is 37.0 Å². The SMILES string of the molecule is CCCCCCCCCCCCCCC(=O)O[C@H](COC(=O)CCCCCCCCCC)COP(=O)(O)OC[C@@H](O)COP(=O)(O)OC[C@@H](COC(=O)CCCCCCC)OC(=O)CCCCCCCCCC. The molecule has 0 aliphatic heterocycles. The third-order valence-electron chi connectivity index (χ3n) is 12.4. The summed E-state index contributed by atoms with van der Waals surface area (Å²) in [5.41, 5.74) is 0. The Bertz CT molecular complexity index is 1440. The number of unbranched alkanes of at least 4 members (excludes halogenated alkanes) is 29. The van der Waals surface area contributed by atoms with Crippen molar-refractivity contribution in [1.82, 2.24) is 0 Å². The number of phosphoric ester groups is 2. The molecule has 0 aromatic rings. The zero-order chi connectivity index (χ0) is 54.1. The fourth-order valence-corrected chi connectivity index (χ4v) is 9.44.